The van der Waals surface area contributed by atoms with Crippen molar-refractivity contribution in [3.8, 4) is 0 Å². The van der Waals surface area contributed by atoms with Crippen molar-refractivity contribution in [1.29, 1.82) is 0 Å². The van der Waals surface area contributed by atoms with E-state index in [1.165, 1.54) is 6.07 Å². The van der Waals surface area contributed by atoms with Crippen molar-refractivity contribution in [2.75, 3.05) is 13.1 Å². The van der Waals surface area contributed by atoms with E-state index in [2.05, 4.69) is 10.6 Å². The van der Waals surface area contributed by atoms with Crippen LogP contribution in [0.5, 0.6) is 0 Å². The number of carbonyl (C=O) groups is 1. The Bertz CT molecular complexity index is 385. The van der Waals surface area contributed by atoms with Gasteiger partial charge in [-0.25, -0.2) is 4.39 Å². The minimum absolute atomic E-state index is 0.0251. The highest BCUT2D eigenvalue weighted by Crippen LogP contribution is 2.15. The molecule has 0 saturated carbocycles. The van der Waals surface area contributed by atoms with E-state index < -0.39 is 5.82 Å². The van der Waals surface area contributed by atoms with E-state index in [0.29, 0.717) is 26.1 Å². The van der Waals surface area contributed by atoms with Crippen molar-refractivity contribution >= 4 is 17.5 Å². The van der Waals surface area contributed by atoms with Crippen LogP contribution >= 0.6 is 11.6 Å². The number of amides is 1. The van der Waals surface area contributed by atoms with Gasteiger partial charge in [0.1, 0.15) is 5.82 Å². The Labute approximate surface area is 105 Å². The van der Waals surface area contributed by atoms with Crippen LogP contribution < -0.4 is 10.6 Å². The highest BCUT2D eigenvalue weighted by molar-refractivity contribution is 6.30. The van der Waals surface area contributed by atoms with Gasteiger partial charge in [-0.05, 0) is 24.6 Å². The normalized spacial score (nSPS) is 10.3. The standard InChI is InChI=1S/C12H16ClFN2O/c1-2-16-12(17)5-6-15-8-9-3-4-11(14)10(13)7-9/h3-4,7,15H,2,5-6,8H2,1H3,(H,16,17). The van der Waals surface area contributed by atoms with Gasteiger partial charge in [0.25, 0.3) is 0 Å². The molecule has 0 atom stereocenters. The molecule has 0 unspecified atom stereocenters. The monoisotopic (exact) mass is 258 g/mol. The van der Waals surface area contributed by atoms with Crippen molar-refractivity contribution in [2.24, 2.45) is 0 Å². The third kappa shape index (κ3) is 5.15. The molecule has 0 spiro atoms. The summed E-state index contributed by atoms with van der Waals surface area (Å²) in [6, 6.07) is 4.58. The molecule has 1 rings (SSSR count). The molecule has 0 fully saturated rings. The van der Waals surface area contributed by atoms with Crippen molar-refractivity contribution in [3.05, 3.63) is 34.6 Å². The summed E-state index contributed by atoms with van der Waals surface area (Å²) >= 11 is 5.65. The van der Waals surface area contributed by atoms with Gasteiger partial charge >= 0.3 is 0 Å². The van der Waals surface area contributed by atoms with Crippen molar-refractivity contribution in [2.45, 2.75) is 19.9 Å². The van der Waals surface area contributed by atoms with Crippen LogP contribution in [0.25, 0.3) is 0 Å². The predicted molar refractivity (Wildman–Crippen MR) is 66.4 cm³/mol. The van der Waals surface area contributed by atoms with Crippen LogP contribution in [-0.4, -0.2) is 19.0 Å². The maximum Gasteiger partial charge on any atom is 0.221 e. The second-order valence-corrected chi connectivity index (χ2v) is 4.04. The molecule has 0 radical (unpaired) electrons. The number of halogens is 2. The number of benzene rings is 1. The SMILES string of the molecule is CCNC(=O)CCNCc1ccc(F)c(Cl)c1. The van der Waals surface area contributed by atoms with Crippen LogP contribution in [0.2, 0.25) is 5.02 Å². The molecule has 0 heterocycles. The van der Waals surface area contributed by atoms with Gasteiger partial charge in [-0.3, -0.25) is 4.79 Å². The Hall–Kier alpha value is -1.13. The van der Waals surface area contributed by atoms with Crippen LogP contribution in [0.1, 0.15) is 18.9 Å². The van der Waals surface area contributed by atoms with Crippen molar-refractivity contribution in [1.82, 2.24) is 10.6 Å². The van der Waals surface area contributed by atoms with Gasteiger partial charge in [0.15, 0.2) is 0 Å². The van der Waals surface area contributed by atoms with Gasteiger partial charge in [-0.15, -0.1) is 0 Å². The fraction of sp³-hybridized carbons (Fsp3) is 0.417. The highest BCUT2D eigenvalue weighted by atomic mass is 35.5. The van der Waals surface area contributed by atoms with Crippen LogP contribution in [0.15, 0.2) is 18.2 Å². The summed E-state index contributed by atoms with van der Waals surface area (Å²) in [6.45, 7) is 3.68. The molecule has 17 heavy (non-hydrogen) atoms. The maximum atomic E-state index is 12.9. The molecular formula is C12H16ClFN2O. The largest absolute Gasteiger partial charge is 0.356 e. The lowest BCUT2D eigenvalue weighted by Crippen LogP contribution is -2.27. The first-order valence-electron chi connectivity index (χ1n) is 5.54. The van der Waals surface area contributed by atoms with Gasteiger partial charge in [0.05, 0.1) is 5.02 Å². The maximum absolute atomic E-state index is 12.9. The minimum Gasteiger partial charge on any atom is -0.356 e. The van der Waals surface area contributed by atoms with Crippen LogP contribution in [-0.2, 0) is 11.3 Å². The van der Waals surface area contributed by atoms with Gasteiger partial charge in [-0.1, -0.05) is 17.7 Å². The van der Waals surface area contributed by atoms with E-state index in [1.807, 2.05) is 6.92 Å². The molecule has 5 heteroatoms. The first-order valence-corrected chi connectivity index (χ1v) is 5.92. The third-order valence-corrected chi connectivity index (χ3v) is 2.51. The van der Waals surface area contributed by atoms with Crippen LogP contribution in [0, 0.1) is 5.82 Å². The fourth-order valence-corrected chi connectivity index (χ4v) is 1.57. The molecular weight excluding hydrogens is 243 g/mol. The summed E-state index contributed by atoms with van der Waals surface area (Å²) in [5.74, 6) is -0.394. The summed E-state index contributed by atoms with van der Waals surface area (Å²) in [6.07, 6.45) is 0.433. The summed E-state index contributed by atoms with van der Waals surface area (Å²) in [5, 5.41) is 5.93. The molecule has 94 valence electrons. The zero-order valence-electron chi connectivity index (χ0n) is 9.72. The molecule has 0 aliphatic heterocycles. The molecule has 1 aromatic carbocycles. The van der Waals surface area contributed by atoms with Crippen molar-refractivity contribution in [3.63, 3.8) is 0 Å². The van der Waals surface area contributed by atoms with E-state index in [1.54, 1.807) is 12.1 Å². The van der Waals surface area contributed by atoms with Crippen LogP contribution in [0.3, 0.4) is 0 Å². The van der Waals surface area contributed by atoms with Gasteiger partial charge in [0, 0.05) is 26.1 Å². The Kier molecular flexibility index (Phi) is 5.94. The molecule has 0 bridgehead atoms. The zero-order valence-corrected chi connectivity index (χ0v) is 10.5. The van der Waals surface area contributed by atoms with E-state index in [-0.39, 0.29) is 10.9 Å². The molecule has 1 aromatic rings. The Morgan fingerprint density at radius 3 is 2.88 bits per heavy atom. The average Bonchev–Trinajstić information content (AvgIpc) is 2.29. The molecule has 1 amide bonds. The number of hydrogen-bond donors (Lipinski definition) is 2. The Morgan fingerprint density at radius 1 is 1.47 bits per heavy atom. The predicted octanol–water partition coefficient (Wildman–Crippen LogP) is 2.09. The number of hydrogen-bond acceptors (Lipinski definition) is 2. The first-order chi connectivity index (χ1) is 8.13. The first kappa shape index (κ1) is 13.9. The smallest absolute Gasteiger partial charge is 0.221 e. The summed E-state index contributed by atoms with van der Waals surface area (Å²) < 4.78 is 12.9. The summed E-state index contributed by atoms with van der Waals surface area (Å²) in [4.78, 5) is 11.1. The summed E-state index contributed by atoms with van der Waals surface area (Å²) in [5.41, 5.74) is 0.896. The number of carbonyl (C=O) groups excluding carboxylic acids is 1. The highest BCUT2D eigenvalue weighted by Gasteiger charge is 2.01. The minimum atomic E-state index is -0.419. The fourth-order valence-electron chi connectivity index (χ4n) is 1.37. The average molecular weight is 259 g/mol. The molecule has 2 N–H and O–H groups in total. The van der Waals surface area contributed by atoms with Gasteiger partial charge in [0.2, 0.25) is 5.91 Å². The van der Waals surface area contributed by atoms with Gasteiger partial charge in [-0.2, -0.15) is 0 Å². The molecule has 0 aromatic heterocycles. The quantitative estimate of drug-likeness (QED) is 0.768. The molecule has 0 aliphatic carbocycles. The van der Waals surface area contributed by atoms with E-state index in [4.69, 9.17) is 11.6 Å². The second kappa shape index (κ2) is 7.25. The van der Waals surface area contributed by atoms with Crippen molar-refractivity contribution < 1.29 is 9.18 Å². The lowest BCUT2D eigenvalue weighted by Gasteiger charge is -2.06. The lowest BCUT2D eigenvalue weighted by molar-refractivity contribution is -0.120. The number of rotatable bonds is 6. The lowest BCUT2D eigenvalue weighted by atomic mass is 10.2. The van der Waals surface area contributed by atoms with E-state index in [9.17, 15) is 9.18 Å². The van der Waals surface area contributed by atoms with E-state index in [0.717, 1.165) is 5.56 Å². The molecule has 0 saturated heterocycles. The van der Waals surface area contributed by atoms with Crippen LogP contribution in [0.4, 0.5) is 4.39 Å². The topological polar surface area (TPSA) is 41.1 Å². The summed E-state index contributed by atoms with van der Waals surface area (Å²) in [7, 11) is 0. The number of nitrogens with one attached hydrogen (secondary N) is 2. The molecule has 0 aliphatic rings. The van der Waals surface area contributed by atoms with Gasteiger partial charge < -0.3 is 10.6 Å². The Morgan fingerprint density at radius 2 is 2.24 bits per heavy atom. The Balaban J connectivity index is 2.26. The third-order valence-electron chi connectivity index (χ3n) is 2.22. The zero-order chi connectivity index (χ0) is 12.7. The molecule has 3 nitrogen and oxygen atoms in total. The second-order valence-electron chi connectivity index (χ2n) is 3.63. The van der Waals surface area contributed by atoms with E-state index >= 15 is 0 Å².